The molecule has 3 rings (SSSR count). The highest BCUT2D eigenvalue weighted by Gasteiger charge is 2.12. The summed E-state index contributed by atoms with van der Waals surface area (Å²) >= 11 is 0. The summed E-state index contributed by atoms with van der Waals surface area (Å²) in [6.07, 6.45) is 1.47. The van der Waals surface area contributed by atoms with Crippen molar-refractivity contribution in [3.05, 3.63) is 36.2 Å². The molecule has 6 heteroatoms. The molecule has 1 atom stereocenters. The van der Waals surface area contributed by atoms with Crippen LogP contribution in [0.4, 0.5) is 5.82 Å². The second-order valence-corrected chi connectivity index (χ2v) is 4.56. The molecule has 2 aromatic heterocycles. The van der Waals surface area contributed by atoms with Crippen molar-refractivity contribution in [2.75, 3.05) is 12.8 Å². The van der Waals surface area contributed by atoms with Crippen LogP contribution < -0.4 is 5.73 Å². The molecular formula is C14H15N5O. The second-order valence-electron chi connectivity index (χ2n) is 4.56. The van der Waals surface area contributed by atoms with Crippen molar-refractivity contribution >= 4 is 16.9 Å². The van der Waals surface area contributed by atoms with E-state index in [4.69, 9.17) is 10.5 Å². The molecule has 0 amide bonds. The van der Waals surface area contributed by atoms with E-state index >= 15 is 0 Å². The third kappa shape index (κ3) is 2.00. The van der Waals surface area contributed by atoms with E-state index in [2.05, 4.69) is 20.2 Å². The zero-order valence-corrected chi connectivity index (χ0v) is 11.3. The molecule has 0 unspecified atom stereocenters. The number of methoxy groups -OCH3 is 1. The van der Waals surface area contributed by atoms with Crippen molar-refractivity contribution in [3.8, 4) is 11.3 Å². The van der Waals surface area contributed by atoms with Crippen molar-refractivity contribution in [3.63, 3.8) is 0 Å². The van der Waals surface area contributed by atoms with E-state index in [1.54, 1.807) is 7.11 Å². The molecule has 2 heterocycles. The quantitative estimate of drug-likeness (QED) is 0.761. The van der Waals surface area contributed by atoms with Gasteiger partial charge in [-0.2, -0.15) is 5.10 Å². The molecule has 20 heavy (non-hydrogen) atoms. The molecule has 0 saturated heterocycles. The fraction of sp³-hybridized carbons (Fsp3) is 0.214. The van der Waals surface area contributed by atoms with Gasteiger partial charge in [-0.15, -0.1) is 0 Å². The lowest BCUT2D eigenvalue weighted by Gasteiger charge is -2.10. The first-order chi connectivity index (χ1) is 9.70. The van der Waals surface area contributed by atoms with Gasteiger partial charge in [0.25, 0.3) is 0 Å². The van der Waals surface area contributed by atoms with Crippen molar-refractivity contribution in [2.45, 2.75) is 13.0 Å². The molecule has 3 N–H and O–H groups in total. The van der Waals surface area contributed by atoms with Crippen LogP contribution in [-0.4, -0.2) is 27.3 Å². The highest BCUT2D eigenvalue weighted by molar-refractivity contribution is 5.97. The number of rotatable bonds is 3. The Kier molecular flexibility index (Phi) is 3.08. The molecule has 0 aliphatic heterocycles. The van der Waals surface area contributed by atoms with E-state index in [9.17, 15) is 0 Å². The number of aromatic nitrogens is 4. The molecule has 0 bridgehead atoms. The maximum Gasteiger partial charge on any atom is 0.186 e. The average molecular weight is 269 g/mol. The van der Waals surface area contributed by atoms with Crippen LogP contribution in [0.3, 0.4) is 0 Å². The third-order valence-corrected chi connectivity index (χ3v) is 3.40. The Morgan fingerprint density at radius 1 is 1.20 bits per heavy atom. The minimum Gasteiger partial charge on any atom is -0.383 e. The van der Waals surface area contributed by atoms with Gasteiger partial charge in [-0.05, 0) is 12.5 Å². The number of aromatic amines is 1. The van der Waals surface area contributed by atoms with Crippen LogP contribution >= 0.6 is 0 Å². The maximum absolute atomic E-state index is 5.91. The zero-order valence-electron chi connectivity index (χ0n) is 11.3. The van der Waals surface area contributed by atoms with Gasteiger partial charge < -0.3 is 10.5 Å². The van der Waals surface area contributed by atoms with E-state index < -0.39 is 0 Å². The standard InChI is InChI=1S/C14H15N5O/c1-8(20-2)9-3-5-10(6-4-9)12-11-13(15)16-7-17-14(11)19-18-12/h3-8H,1-2H3,(H3,15,16,17,18,19)/t8-/m1/s1. The van der Waals surface area contributed by atoms with Gasteiger partial charge in [-0.1, -0.05) is 24.3 Å². The highest BCUT2D eigenvalue weighted by Crippen LogP contribution is 2.29. The van der Waals surface area contributed by atoms with Crippen LogP contribution in [0.1, 0.15) is 18.6 Å². The van der Waals surface area contributed by atoms with Gasteiger partial charge in [0.15, 0.2) is 5.65 Å². The first kappa shape index (κ1) is 12.6. The fourth-order valence-corrected chi connectivity index (χ4v) is 2.14. The van der Waals surface area contributed by atoms with Crippen molar-refractivity contribution in [1.82, 2.24) is 20.2 Å². The number of nitrogens with zero attached hydrogens (tertiary/aromatic N) is 3. The Balaban J connectivity index is 2.07. The molecule has 102 valence electrons. The number of nitrogens with two attached hydrogens (primary N) is 1. The number of anilines is 1. The van der Waals surface area contributed by atoms with Crippen molar-refractivity contribution in [1.29, 1.82) is 0 Å². The van der Waals surface area contributed by atoms with E-state index in [1.165, 1.54) is 6.33 Å². The zero-order chi connectivity index (χ0) is 14.1. The fourth-order valence-electron chi connectivity index (χ4n) is 2.14. The van der Waals surface area contributed by atoms with Crippen LogP contribution in [0.25, 0.3) is 22.3 Å². The number of H-pyrrole nitrogens is 1. The van der Waals surface area contributed by atoms with Crippen LogP contribution in [-0.2, 0) is 4.74 Å². The summed E-state index contributed by atoms with van der Waals surface area (Å²) in [6, 6.07) is 8.06. The number of benzene rings is 1. The molecule has 0 radical (unpaired) electrons. The summed E-state index contributed by atoms with van der Waals surface area (Å²) in [5, 5.41) is 7.87. The molecule has 0 spiro atoms. The summed E-state index contributed by atoms with van der Waals surface area (Å²) in [4.78, 5) is 8.11. The molecule has 3 aromatic rings. The molecule has 0 fully saturated rings. The van der Waals surface area contributed by atoms with Gasteiger partial charge in [0.05, 0.1) is 17.2 Å². The molecular weight excluding hydrogens is 254 g/mol. The van der Waals surface area contributed by atoms with Gasteiger partial charge in [-0.25, -0.2) is 9.97 Å². The molecule has 0 saturated carbocycles. The van der Waals surface area contributed by atoms with Gasteiger partial charge >= 0.3 is 0 Å². The number of nitrogen functional groups attached to an aromatic ring is 1. The van der Waals surface area contributed by atoms with Gasteiger partial charge in [0.1, 0.15) is 12.1 Å². The second kappa shape index (κ2) is 4.90. The van der Waals surface area contributed by atoms with Crippen LogP contribution in [0.2, 0.25) is 0 Å². The summed E-state index contributed by atoms with van der Waals surface area (Å²) in [6.45, 7) is 2.01. The number of ether oxygens (including phenoxy) is 1. The van der Waals surface area contributed by atoms with E-state index in [0.29, 0.717) is 11.5 Å². The predicted octanol–water partition coefficient (Wildman–Crippen LogP) is 2.31. The molecule has 0 aliphatic rings. The summed E-state index contributed by atoms with van der Waals surface area (Å²) in [5.41, 5.74) is 9.41. The highest BCUT2D eigenvalue weighted by atomic mass is 16.5. The van der Waals surface area contributed by atoms with Crippen LogP contribution in [0.15, 0.2) is 30.6 Å². The lowest BCUT2D eigenvalue weighted by Crippen LogP contribution is -1.95. The monoisotopic (exact) mass is 269 g/mol. The minimum absolute atomic E-state index is 0.0657. The largest absolute Gasteiger partial charge is 0.383 e. The molecule has 6 nitrogen and oxygen atoms in total. The van der Waals surface area contributed by atoms with E-state index in [0.717, 1.165) is 22.2 Å². The topological polar surface area (TPSA) is 89.7 Å². The lowest BCUT2D eigenvalue weighted by atomic mass is 10.0. The summed E-state index contributed by atoms with van der Waals surface area (Å²) in [7, 11) is 1.69. The van der Waals surface area contributed by atoms with Gasteiger partial charge in [-0.3, -0.25) is 5.10 Å². The minimum atomic E-state index is 0.0657. The number of hydrogen-bond donors (Lipinski definition) is 2. The number of hydrogen-bond acceptors (Lipinski definition) is 5. The Bertz CT molecular complexity index is 735. The third-order valence-electron chi connectivity index (χ3n) is 3.40. The normalized spacial score (nSPS) is 12.7. The Morgan fingerprint density at radius 3 is 2.65 bits per heavy atom. The Morgan fingerprint density at radius 2 is 1.95 bits per heavy atom. The molecule has 0 aliphatic carbocycles. The Hall–Kier alpha value is -2.47. The van der Waals surface area contributed by atoms with Gasteiger partial charge in [0.2, 0.25) is 0 Å². The summed E-state index contributed by atoms with van der Waals surface area (Å²) < 4.78 is 5.30. The first-order valence-corrected chi connectivity index (χ1v) is 6.28. The number of fused-ring (bicyclic) bond motifs is 1. The van der Waals surface area contributed by atoms with Crippen LogP contribution in [0, 0.1) is 0 Å². The van der Waals surface area contributed by atoms with E-state index in [-0.39, 0.29) is 6.10 Å². The van der Waals surface area contributed by atoms with Gasteiger partial charge in [0, 0.05) is 12.7 Å². The van der Waals surface area contributed by atoms with Crippen LogP contribution in [0.5, 0.6) is 0 Å². The SMILES string of the molecule is CO[C@H](C)c1ccc(-c2[nH]nc3ncnc(N)c23)cc1. The molecule has 1 aromatic carbocycles. The lowest BCUT2D eigenvalue weighted by molar-refractivity contribution is 0.119. The first-order valence-electron chi connectivity index (χ1n) is 6.28. The predicted molar refractivity (Wildman–Crippen MR) is 77.0 cm³/mol. The smallest absolute Gasteiger partial charge is 0.186 e. The van der Waals surface area contributed by atoms with Crippen molar-refractivity contribution in [2.24, 2.45) is 0 Å². The average Bonchev–Trinajstić information content (AvgIpc) is 2.92. The summed E-state index contributed by atoms with van der Waals surface area (Å²) in [5.74, 6) is 0.424. The van der Waals surface area contributed by atoms with E-state index in [1.807, 2.05) is 31.2 Å². The Labute approximate surface area is 116 Å². The number of nitrogens with one attached hydrogen (secondary N) is 1. The maximum atomic E-state index is 5.91. The van der Waals surface area contributed by atoms with Crippen molar-refractivity contribution < 1.29 is 4.74 Å².